The number of likely N-dealkylation sites (N-methyl/N-ethyl adjacent to an activating group) is 1. The van der Waals surface area contributed by atoms with E-state index in [9.17, 15) is 4.79 Å². The molecule has 2 fully saturated rings. The van der Waals surface area contributed by atoms with Crippen molar-refractivity contribution in [1.82, 2.24) is 25.1 Å². The van der Waals surface area contributed by atoms with E-state index in [1.807, 2.05) is 30.3 Å². The molecule has 2 aromatic rings. The Morgan fingerprint density at radius 1 is 1.09 bits per heavy atom. The van der Waals surface area contributed by atoms with E-state index >= 15 is 0 Å². The van der Waals surface area contributed by atoms with Gasteiger partial charge in [-0.2, -0.15) is 0 Å². The van der Waals surface area contributed by atoms with Crippen LogP contribution in [-0.4, -0.2) is 98.3 Å². The van der Waals surface area contributed by atoms with Crippen molar-refractivity contribution >= 4 is 35.1 Å². The number of nitrogens with zero attached hydrogens (tertiary/aromatic N) is 5. The molecule has 0 saturated carbocycles. The van der Waals surface area contributed by atoms with Gasteiger partial charge in [-0.25, -0.2) is 9.97 Å². The van der Waals surface area contributed by atoms with Crippen LogP contribution in [0.2, 0.25) is 5.15 Å². The molecule has 8 nitrogen and oxygen atoms in total. The molecule has 0 radical (unpaired) electrons. The van der Waals surface area contributed by atoms with E-state index in [1.165, 1.54) is 0 Å². The molecule has 0 aliphatic carbocycles. The number of carbonyl (C=O) groups is 1. The average Bonchev–Trinajstić information content (AvgIpc) is 2.84. The van der Waals surface area contributed by atoms with E-state index in [0.29, 0.717) is 28.2 Å². The number of anilines is 1. The average molecular weight is 491 g/mol. The van der Waals surface area contributed by atoms with Crippen LogP contribution in [0.4, 0.5) is 5.82 Å². The van der Waals surface area contributed by atoms with Gasteiger partial charge in [0.25, 0.3) is 5.91 Å². The van der Waals surface area contributed by atoms with Crippen molar-refractivity contribution in [2.24, 2.45) is 0 Å². The number of aromatic nitrogens is 2. The molecule has 1 aromatic heterocycles. The lowest BCUT2D eigenvalue weighted by atomic mass is 10.1. The standard InChI is InChI=1S/C23H31ClN6O2S/c1-28-8-10-30(11-9-28)21-16-20(24)26-23(27-21)33-17-18-2-4-19(5-3-18)22(31)25-6-7-29-12-14-32-15-13-29/h2-5,16H,6-15,17H2,1H3,(H,25,31). The van der Waals surface area contributed by atoms with Crippen molar-refractivity contribution in [3.8, 4) is 0 Å². The van der Waals surface area contributed by atoms with Crippen LogP contribution in [0, 0.1) is 0 Å². The van der Waals surface area contributed by atoms with Crippen LogP contribution in [0.5, 0.6) is 0 Å². The Balaban J connectivity index is 1.26. The second-order valence-corrected chi connectivity index (χ2v) is 9.65. The van der Waals surface area contributed by atoms with Crippen LogP contribution < -0.4 is 10.2 Å². The third-order valence-corrected chi connectivity index (χ3v) is 7.00. The zero-order valence-electron chi connectivity index (χ0n) is 19.0. The lowest BCUT2D eigenvalue weighted by Gasteiger charge is -2.33. The molecule has 33 heavy (non-hydrogen) atoms. The molecule has 2 saturated heterocycles. The van der Waals surface area contributed by atoms with Crippen LogP contribution >= 0.6 is 23.4 Å². The zero-order chi connectivity index (χ0) is 23.0. The van der Waals surface area contributed by atoms with Gasteiger partial charge < -0.3 is 19.9 Å². The van der Waals surface area contributed by atoms with Gasteiger partial charge >= 0.3 is 0 Å². The molecule has 1 N–H and O–H groups in total. The summed E-state index contributed by atoms with van der Waals surface area (Å²) in [5.41, 5.74) is 1.77. The van der Waals surface area contributed by atoms with Crippen LogP contribution in [0.25, 0.3) is 0 Å². The summed E-state index contributed by atoms with van der Waals surface area (Å²) in [5.74, 6) is 1.55. The molecule has 2 aliphatic heterocycles. The van der Waals surface area contributed by atoms with Crippen molar-refractivity contribution < 1.29 is 9.53 Å². The maximum atomic E-state index is 12.4. The third-order valence-electron chi connectivity index (χ3n) is 5.89. The van der Waals surface area contributed by atoms with Gasteiger partial charge in [-0.15, -0.1) is 0 Å². The summed E-state index contributed by atoms with van der Waals surface area (Å²) in [6.45, 7) is 8.76. The molecule has 1 aromatic carbocycles. The quantitative estimate of drug-likeness (QED) is 0.343. The van der Waals surface area contributed by atoms with Crippen LogP contribution in [0.1, 0.15) is 15.9 Å². The highest BCUT2D eigenvalue weighted by Crippen LogP contribution is 2.25. The molecule has 2 aliphatic rings. The van der Waals surface area contributed by atoms with E-state index in [4.69, 9.17) is 21.3 Å². The van der Waals surface area contributed by atoms with Crippen LogP contribution in [-0.2, 0) is 10.5 Å². The second-order valence-electron chi connectivity index (χ2n) is 8.32. The highest BCUT2D eigenvalue weighted by Gasteiger charge is 2.17. The Hall–Kier alpha value is -1.91. The first kappa shape index (κ1) is 24.2. The summed E-state index contributed by atoms with van der Waals surface area (Å²) in [6.07, 6.45) is 0. The minimum Gasteiger partial charge on any atom is -0.379 e. The van der Waals surface area contributed by atoms with Gasteiger partial charge in [-0.3, -0.25) is 9.69 Å². The summed E-state index contributed by atoms with van der Waals surface area (Å²) in [6, 6.07) is 9.54. The topological polar surface area (TPSA) is 73.8 Å². The molecule has 1 amide bonds. The van der Waals surface area contributed by atoms with Crippen molar-refractivity contribution in [3.05, 3.63) is 46.6 Å². The summed E-state index contributed by atoms with van der Waals surface area (Å²) in [4.78, 5) is 28.4. The number of carbonyl (C=O) groups excluding carboxylic acids is 1. The van der Waals surface area contributed by atoms with Crippen molar-refractivity contribution in [2.75, 3.05) is 77.5 Å². The predicted octanol–water partition coefficient (Wildman–Crippen LogP) is 2.24. The van der Waals surface area contributed by atoms with Gasteiger partial charge in [0.05, 0.1) is 13.2 Å². The number of thioether (sulfide) groups is 1. The Morgan fingerprint density at radius 3 is 2.55 bits per heavy atom. The Labute approximate surface area is 204 Å². The largest absolute Gasteiger partial charge is 0.379 e. The van der Waals surface area contributed by atoms with Crippen LogP contribution in [0.3, 0.4) is 0 Å². The fourth-order valence-electron chi connectivity index (χ4n) is 3.80. The molecular formula is C23H31ClN6O2S. The van der Waals surface area contributed by atoms with Gasteiger partial charge in [-0.05, 0) is 24.7 Å². The molecule has 10 heteroatoms. The Kier molecular flexibility index (Phi) is 8.80. The van der Waals surface area contributed by atoms with Gasteiger partial charge in [0, 0.05) is 69.7 Å². The number of rotatable bonds is 8. The monoisotopic (exact) mass is 490 g/mol. The van der Waals surface area contributed by atoms with Crippen molar-refractivity contribution in [1.29, 1.82) is 0 Å². The first-order valence-corrected chi connectivity index (χ1v) is 12.7. The first-order valence-electron chi connectivity index (χ1n) is 11.3. The minimum atomic E-state index is -0.0440. The molecule has 0 bridgehead atoms. The smallest absolute Gasteiger partial charge is 0.251 e. The van der Waals surface area contributed by atoms with E-state index in [1.54, 1.807) is 11.8 Å². The SMILES string of the molecule is CN1CCN(c2cc(Cl)nc(SCc3ccc(C(=O)NCCN4CCOCC4)cc3)n2)CC1. The second kappa shape index (κ2) is 12.0. The van der Waals surface area contributed by atoms with Gasteiger partial charge in [-0.1, -0.05) is 35.5 Å². The zero-order valence-corrected chi connectivity index (χ0v) is 20.6. The Morgan fingerprint density at radius 2 is 1.82 bits per heavy atom. The molecule has 0 atom stereocenters. The summed E-state index contributed by atoms with van der Waals surface area (Å²) >= 11 is 7.82. The highest BCUT2D eigenvalue weighted by molar-refractivity contribution is 7.98. The number of amides is 1. The number of benzene rings is 1. The number of morpholine rings is 1. The van der Waals surface area contributed by atoms with E-state index < -0.39 is 0 Å². The van der Waals surface area contributed by atoms with Crippen molar-refractivity contribution in [3.63, 3.8) is 0 Å². The van der Waals surface area contributed by atoms with E-state index in [-0.39, 0.29) is 5.91 Å². The first-order chi connectivity index (χ1) is 16.1. The predicted molar refractivity (Wildman–Crippen MR) is 132 cm³/mol. The lowest BCUT2D eigenvalue weighted by Crippen LogP contribution is -2.44. The minimum absolute atomic E-state index is 0.0440. The number of piperazine rings is 1. The number of nitrogens with one attached hydrogen (secondary N) is 1. The van der Waals surface area contributed by atoms with E-state index in [2.05, 4.69) is 32.0 Å². The molecule has 178 valence electrons. The van der Waals surface area contributed by atoms with Gasteiger partial charge in [0.15, 0.2) is 5.16 Å². The summed E-state index contributed by atoms with van der Waals surface area (Å²) in [7, 11) is 2.13. The van der Waals surface area contributed by atoms with Crippen LogP contribution in [0.15, 0.2) is 35.5 Å². The van der Waals surface area contributed by atoms with Gasteiger partial charge in [0.2, 0.25) is 0 Å². The van der Waals surface area contributed by atoms with Gasteiger partial charge in [0.1, 0.15) is 11.0 Å². The molecule has 0 unspecified atom stereocenters. The fourth-order valence-corrected chi connectivity index (χ4v) is 4.84. The maximum absolute atomic E-state index is 12.4. The third kappa shape index (κ3) is 7.28. The maximum Gasteiger partial charge on any atom is 0.251 e. The fraction of sp³-hybridized carbons (Fsp3) is 0.522. The number of hydrogen-bond acceptors (Lipinski definition) is 8. The summed E-state index contributed by atoms with van der Waals surface area (Å²) in [5, 5.41) is 4.13. The number of hydrogen-bond donors (Lipinski definition) is 1. The highest BCUT2D eigenvalue weighted by atomic mass is 35.5. The molecule has 0 spiro atoms. The molecular weight excluding hydrogens is 460 g/mol. The van der Waals surface area contributed by atoms with E-state index in [0.717, 1.165) is 70.4 Å². The molecule has 4 rings (SSSR count). The van der Waals surface area contributed by atoms with Crippen molar-refractivity contribution in [2.45, 2.75) is 10.9 Å². The lowest BCUT2D eigenvalue weighted by molar-refractivity contribution is 0.0383. The number of ether oxygens (including phenoxy) is 1. The normalized spacial score (nSPS) is 17.8. The number of halogens is 1. The summed E-state index contributed by atoms with van der Waals surface area (Å²) < 4.78 is 5.35. The Bertz CT molecular complexity index is 918. The molecule has 3 heterocycles.